The van der Waals surface area contributed by atoms with Gasteiger partial charge in [0, 0.05) is 12.7 Å². The minimum Gasteiger partial charge on any atom is -0.494 e. The number of aromatic nitrogens is 1. The summed E-state index contributed by atoms with van der Waals surface area (Å²) < 4.78 is 15.7. The van der Waals surface area contributed by atoms with Crippen molar-refractivity contribution in [3.63, 3.8) is 0 Å². The van der Waals surface area contributed by atoms with Gasteiger partial charge in [0.25, 0.3) is 0 Å². The molecule has 4 nitrogen and oxygen atoms in total. The summed E-state index contributed by atoms with van der Waals surface area (Å²) in [4.78, 5) is 0. The zero-order chi connectivity index (χ0) is 14.5. The summed E-state index contributed by atoms with van der Waals surface area (Å²) in [5, 5.41) is 3.77. The van der Waals surface area contributed by atoms with E-state index < -0.39 is 0 Å². The molecule has 20 heavy (non-hydrogen) atoms. The molecule has 110 valence electrons. The van der Waals surface area contributed by atoms with Crippen LogP contribution in [0.5, 0.6) is 5.75 Å². The van der Waals surface area contributed by atoms with Crippen molar-refractivity contribution in [1.29, 1.82) is 0 Å². The first-order chi connectivity index (χ1) is 9.95. The van der Waals surface area contributed by atoms with Crippen LogP contribution in [0.2, 0.25) is 0 Å². The lowest BCUT2D eigenvalue weighted by Crippen LogP contribution is -2.01. The first-order valence-electron chi connectivity index (χ1n) is 7.10. The fraction of sp³-hybridized carbons (Fsp3) is 0.438. The van der Waals surface area contributed by atoms with Gasteiger partial charge in [0.05, 0.1) is 13.2 Å². The van der Waals surface area contributed by atoms with Gasteiger partial charge in [-0.15, -0.1) is 0 Å². The molecule has 0 aliphatic rings. The van der Waals surface area contributed by atoms with Gasteiger partial charge in [-0.1, -0.05) is 37.2 Å². The van der Waals surface area contributed by atoms with Crippen molar-refractivity contribution in [2.24, 2.45) is 0 Å². The van der Waals surface area contributed by atoms with Crippen molar-refractivity contribution in [3.05, 3.63) is 48.4 Å². The molecule has 1 aromatic heterocycles. The Kier molecular flexibility index (Phi) is 8.98. The maximum atomic E-state index is 5.58. The summed E-state index contributed by atoms with van der Waals surface area (Å²) >= 11 is 0. The molecule has 1 aromatic carbocycles. The summed E-state index contributed by atoms with van der Waals surface area (Å²) in [5.41, 5.74) is 0.829. The molecule has 0 bridgehead atoms. The lowest BCUT2D eigenvalue weighted by molar-refractivity contribution is 0.109. The van der Waals surface area contributed by atoms with Gasteiger partial charge in [0.2, 0.25) is 0 Å². The summed E-state index contributed by atoms with van der Waals surface area (Å²) in [5.74, 6) is 0.918. The Morgan fingerprint density at radius 1 is 1.00 bits per heavy atom. The fourth-order valence-electron chi connectivity index (χ4n) is 1.50. The second kappa shape index (κ2) is 11.1. The Labute approximate surface area is 120 Å². The minimum absolute atomic E-state index is 0.510. The van der Waals surface area contributed by atoms with Gasteiger partial charge in [0.15, 0.2) is 0 Å². The standard InChI is InChI=1S/C14H17NO3.C2H6/c1-2-6-14(7-3-1)17-10-5-4-9-16-12-13-8-11-18-15-13;1-2/h1-3,6-8,11H,4-5,9-10,12H2;1-2H3. The van der Waals surface area contributed by atoms with E-state index in [9.17, 15) is 0 Å². The third-order valence-corrected chi connectivity index (χ3v) is 2.44. The van der Waals surface area contributed by atoms with Gasteiger partial charge < -0.3 is 14.0 Å². The highest BCUT2D eigenvalue weighted by Crippen LogP contribution is 2.08. The van der Waals surface area contributed by atoms with E-state index in [1.807, 2.05) is 44.2 Å². The summed E-state index contributed by atoms with van der Waals surface area (Å²) in [7, 11) is 0. The molecule has 0 aliphatic heterocycles. The number of ether oxygens (including phenoxy) is 2. The van der Waals surface area contributed by atoms with Crippen LogP contribution in [0.25, 0.3) is 0 Å². The molecule has 0 amide bonds. The van der Waals surface area contributed by atoms with Crippen LogP contribution in [-0.2, 0) is 11.3 Å². The number of hydrogen-bond acceptors (Lipinski definition) is 4. The predicted molar refractivity (Wildman–Crippen MR) is 78.7 cm³/mol. The molecule has 0 saturated heterocycles. The summed E-state index contributed by atoms with van der Waals surface area (Å²) in [6.07, 6.45) is 3.50. The van der Waals surface area contributed by atoms with Gasteiger partial charge in [0.1, 0.15) is 17.7 Å². The molecule has 0 aliphatic carbocycles. The van der Waals surface area contributed by atoms with E-state index in [4.69, 9.17) is 14.0 Å². The first-order valence-corrected chi connectivity index (χ1v) is 7.10. The third-order valence-electron chi connectivity index (χ3n) is 2.44. The van der Waals surface area contributed by atoms with Crippen molar-refractivity contribution in [3.8, 4) is 5.75 Å². The minimum atomic E-state index is 0.510. The van der Waals surface area contributed by atoms with Gasteiger partial charge in [-0.25, -0.2) is 0 Å². The molecule has 0 fully saturated rings. The van der Waals surface area contributed by atoms with Crippen LogP contribution in [0.3, 0.4) is 0 Å². The Morgan fingerprint density at radius 3 is 2.45 bits per heavy atom. The van der Waals surface area contributed by atoms with Crippen LogP contribution >= 0.6 is 0 Å². The van der Waals surface area contributed by atoms with Crippen LogP contribution in [-0.4, -0.2) is 18.4 Å². The molecule has 0 radical (unpaired) electrons. The average molecular weight is 277 g/mol. The second-order valence-electron chi connectivity index (χ2n) is 3.91. The topological polar surface area (TPSA) is 44.5 Å². The van der Waals surface area contributed by atoms with E-state index in [-0.39, 0.29) is 0 Å². The molecule has 0 spiro atoms. The van der Waals surface area contributed by atoms with E-state index in [0.29, 0.717) is 13.2 Å². The Bertz CT molecular complexity index is 415. The number of benzene rings is 1. The van der Waals surface area contributed by atoms with Crippen LogP contribution in [0.1, 0.15) is 32.4 Å². The molecular weight excluding hydrogens is 254 g/mol. The SMILES string of the molecule is CC.c1ccc(OCCCCOCc2ccon2)cc1. The first kappa shape index (κ1) is 16.2. The second-order valence-corrected chi connectivity index (χ2v) is 3.91. The lowest BCUT2D eigenvalue weighted by atomic mass is 10.3. The smallest absolute Gasteiger partial charge is 0.124 e. The quantitative estimate of drug-likeness (QED) is 0.682. The molecule has 0 atom stereocenters. The van der Waals surface area contributed by atoms with Gasteiger partial charge >= 0.3 is 0 Å². The molecule has 0 unspecified atom stereocenters. The predicted octanol–water partition coefficient (Wildman–Crippen LogP) is 4.08. The fourth-order valence-corrected chi connectivity index (χ4v) is 1.50. The Hall–Kier alpha value is -1.81. The molecular formula is C16H23NO3. The van der Waals surface area contributed by atoms with E-state index in [2.05, 4.69) is 5.16 Å². The van der Waals surface area contributed by atoms with Crippen LogP contribution < -0.4 is 4.74 Å². The Morgan fingerprint density at radius 2 is 1.75 bits per heavy atom. The van der Waals surface area contributed by atoms with Crippen molar-refractivity contribution in [1.82, 2.24) is 5.16 Å². The highest BCUT2D eigenvalue weighted by Gasteiger charge is 1.96. The zero-order valence-electron chi connectivity index (χ0n) is 12.2. The van der Waals surface area contributed by atoms with Crippen molar-refractivity contribution >= 4 is 0 Å². The summed E-state index contributed by atoms with van der Waals surface area (Å²) in [6.45, 7) is 5.94. The average Bonchev–Trinajstić information content (AvgIpc) is 3.03. The molecule has 0 N–H and O–H groups in total. The largest absolute Gasteiger partial charge is 0.494 e. The maximum absolute atomic E-state index is 5.58. The van der Waals surface area contributed by atoms with E-state index in [1.54, 1.807) is 12.3 Å². The lowest BCUT2D eigenvalue weighted by Gasteiger charge is -2.05. The monoisotopic (exact) mass is 277 g/mol. The van der Waals surface area contributed by atoms with E-state index in [1.165, 1.54) is 0 Å². The number of para-hydroxylation sites is 1. The van der Waals surface area contributed by atoms with E-state index in [0.717, 1.165) is 30.9 Å². The number of rotatable bonds is 8. The van der Waals surface area contributed by atoms with Gasteiger partial charge in [-0.05, 0) is 25.0 Å². The van der Waals surface area contributed by atoms with E-state index >= 15 is 0 Å². The normalized spacial score (nSPS) is 9.70. The van der Waals surface area contributed by atoms with Gasteiger partial charge in [-0.2, -0.15) is 0 Å². The molecule has 0 saturated carbocycles. The van der Waals surface area contributed by atoms with Crippen LogP contribution in [0.15, 0.2) is 47.2 Å². The van der Waals surface area contributed by atoms with Gasteiger partial charge in [-0.3, -0.25) is 0 Å². The molecule has 2 aromatic rings. The highest BCUT2D eigenvalue weighted by molar-refractivity contribution is 5.20. The maximum Gasteiger partial charge on any atom is 0.124 e. The van der Waals surface area contributed by atoms with Crippen molar-refractivity contribution in [2.45, 2.75) is 33.3 Å². The number of unbranched alkanes of at least 4 members (excludes halogenated alkanes) is 1. The van der Waals surface area contributed by atoms with Crippen LogP contribution in [0, 0.1) is 0 Å². The zero-order valence-corrected chi connectivity index (χ0v) is 12.2. The third kappa shape index (κ3) is 6.95. The van der Waals surface area contributed by atoms with Crippen molar-refractivity contribution in [2.75, 3.05) is 13.2 Å². The number of hydrogen-bond donors (Lipinski definition) is 0. The van der Waals surface area contributed by atoms with Crippen LogP contribution in [0.4, 0.5) is 0 Å². The summed E-state index contributed by atoms with van der Waals surface area (Å²) in [6, 6.07) is 11.6. The number of nitrogens with zero attached hydrogens (tertiary/aromatic N) is 1. The molecule has 2 rings (SSSR count). The van der Waals surface area contributed by atoms with Crippen molar-refractivity contribution < 1.29 is 14.0 Å². The Balaban J connectivity index is 0.000000956. The highest BCUT2D eigenvalue weighted by atomic mass is 16.5. The molecule has 4 heteroatoms. The molecule has 1 heterocycles.